The SMILES string of the molecule is CCNC(=O)C(C)N(Cc1cccc(Cl)c1)C(=O)CCc1ccccc1. The number of halogens is 1. The van der Waals surface area contributed by atoms with Gasteiger partial charge in [0.25, 0.3) is 0 Å². The first-order valence-electron chi connectivity index (χ1n) is 8.86. The third-order valence-corrected chi connectivity index (χ3v) is 4.47. The number of likely N-dealkylation sites (N-methyl/N-ethyl adjacent to an activating group) is 1. The highest BCUT2D eigenvalue weighted by atomic mass is 35.5. The van der Waals surface area contributed by atoms with Crippen LogP contribution in [0.1, 0.15) is 31.4 Å². The second kappa shape index (κ2) is 9.97. The Morgan fingerprint density at radius 2 is 1.77 bits per heavy atom. The second-order valence-corrected chi connectivity index (χ2v) is 6.64. The van der Waals surface area contributed by atoms with Crippen LogP contribution in [0.15, 0.2) is 54.6 Å². The van der Waals surface area contributed by atoms with Gasteiger partial charge in [-0.1, -0.05) is 54.1 Å². The average molecular weight is 373 g/mol. The molecule has 0 heterocycles. The van der Waals surface area contributed by atoms with Crippen molar-refractivity contribution in [2.45, 2.75) is 39.3 Å². The van der Waals surface area contributed by atoms with Gasteiger partial charge < -0.3 is 10.2 Å². The van der Waals surface area contributed by atoms with Crippen molar-refractivity contribution in [3.8, 4) is 0 Å². The van der Waals surface area contributed by atoms with Crippen LogP contribution in [0.3, 0.4) is 0 Å². The number of nitrogens with zero attached hydrogens (tertiary/aromatic N) is 1. The van der Waals surface area contributed by atoms with Gasteiger partial charge in [0.15, 0.2) is 0 Å². The van der Waals surface area contributed by atoms with Gasteiger partial charge in [-0.3, -0.25) is 9.59 Å². The van der Waals surface area contributed by atoms with Gasteiger partial charge in [-0.25, -0.2) is 0 Å². The van der Waals surface area contributed by atoms with E-state index in [0.717, 1.165) is 11.1 Å². The summed E-state index contributed by atoms with van der Waals surface area (Å²) in [4.78, 5) is 26.8. The van der Waals surface area contributed by atoms with Crippen LogP contribution in [-0.2, 0) is 22.6 Å². The molecule has 0 aromatic heterocycles. The maximum absolute atomic E-state index is 12.9. The fraction of sp³-hybridized carbons (Fsp3) is 0.333. The van der Waals surface area contributed by atoms with Crippen LogP contribution >= 0.6 is 11.6 Å². The zero-order valence-corrected chi connectivity index (χ0v) is 16.0. The summed E-state index contributed by atoms with van der Waals surface area (Å²) in [5.74, 6) is -0.199. The zero-order valence-electron chi connectivity index (χ0n) is 15.2. The fourth-order valence-corrected chi connectivity index (χ4v) is 2.99. The topological polar surface area (TPSA) is 49.4 Å². The first-order valence-corrected chi connectivity index (χ1v) is 9.24. The van der Waals surface area contributed by atoms with Gasteiger partial charge in [0.2, 0.25) is 11.8 Å². The second-order valence-electron chi connectivity index (χ2n) is 6.21. The molecule has 0 radical (unpaired) electrons. The van der Waals surface area contributed by atoms with Crippen LogP contribution in [-0.4, -0.2) is 29.3 Å². The minimum absolute atomic E-state index is 0.0485. The molecule has 0 saturated heterocycles. The number of benzene rings is 2. The standard InChI is InChI=1S/C21H25ClN2O2/c1-3-23-21(26)16(2)24(15-18-10-7-11-19(22)14-18)20(25)13-12-17-8-5-4-6-9-17/h4-11,14,16H,3,12-13,15H2,1-2H3,(H,23,26). The molecule has 0 aliphatic heterocycles. The molecule has 138 valence electrons. The van der Waals surface area contributed by atoms with Gasteiger partial charge in [-0.2, -0.15) is 0 Å². The Bertz CT molecular complexity index is 734. The molecular weight excluding hydrogens is 348 g/mol. The van der Waals surface area contributed by atoms with Crippen LogP contribution in [0, 0.1) is 0 Å². The third kappa shape index (κ3) is 5.88. The van der Waals surface area contributed by atoms with E-state index in [2.05, 4.69) is 5.32 Å². The normalized spacial score (nSPS) is 11.7. The van der Waals surface area contributed by atoms with Crippen molar-refractivity contribution in [1.29, 1.82) is 0 Å². The predicted octanol–water partition coefficient (Wildman–Crippen LogP) is 3.83. The Morgan fingerprint density at radius 1 is 1.08 bits per heavy atom. The van der Waals surface area contributed by atoms with Gasteiger partial charge in [0.05, 0.1) is 0 Å². The molecule has 0 aliphatic carbocycles. The van der Waals surface area contributed by atoms with Crippen molar-refractivity contribution in [3.63, 3.8) is 0 Å². The molecule has 4 nitrogen and oxygen atoms in total. The summed E-state index contributed by atoms with van der Waals surface area (Å²) in [6.07, 6.45) is 1.00. The van der Waals surface area contributed by atoms with Crippen molar-refractivity contribution in [2.75, 3.05) is 6.54 Å². The summed E-state index contributed by atoms with van der Waals surface area (Å²) in [6, 6.07) is 16.7. The number of rotatable bonds is 8. The van der Waals surface area contributed by atoms with Crippen LogP contribution in [0.5, 0.6) is 0 Å². The lowest BCUT2D eigenvalue weighted by atomic mass is 10.1. The van der Waals surface area contributed by atoms with Crippen molar-refractivity contribution < 1.29 is 9.59 Å². The van der Waals surface area contributed by atoms with Gasteiger partial charge in [0, 0.05) is 24.5 Å². The summed E-state index contributed by atoms with van der Waals surface area (Å²) in [6.45, 7) is 4.51. The van der Waals surface area contributed by atoms with Gasteiger partial charge in [-0.15, -0.1) is 0 Å². The molecule has 0 spiro atoms. The molecule has 0 saturated carbocycles. The molecular formula is C21H25ClN2O2. The van der Waals surface area contributed by atoms with E-state index in [0.29, 0.717) is 31.0 Å². The molecule has 26 heavy (non-hydrogen) atoms. The summed E-state index contributed by atoms with van der Waals surface area (Å²) in [7, 11) is 0. The van der Waals surface area contributed by atoms with E-state index < -0.39 is 6.04 Å². The first kappa shape index (κ1) is 20.0. The number of nitrogens with one attached hydrogen (secondary N) is 1. The van der Waals surface area contributed by atoms with Crippen LogP contribution in [0.2, 0.25) is 5.02 Å². The number of hydrogen-bond acceptors (Lipinski definition) is 2. The highest BCUT2D eigenvalue weighted by Crippen LogP contribution is 2.16. The van der Waals surface area contributed by atoms with Gasteiger partial charge in [-0.05, 0) is 43.5 Å². The Morgan fingerprint density at radius 3 is 2.42 bits per heavy atom. The van der Waals surface area contributed by atoms with Crippen molar-refractivity contribution in [1.82, 2.24) is 10.2 Å². The van der Waals surface area contributed by atoms with E-state index in [1.165, 1.54) is 0 Å². The lowest BCUT2D eigenvalue weighted by molar-refractivity contribution is -0.140. The maximum Gasteiger partial charge on any atom is 0.242 e. The Labute approximate surface area is 160 Å². The van der Waals surface area contributed by atoms with Crippen molar-refractivity contribution in [2.24, 2.45) is 0 Å². The molecule has 2 aromatic rings. The van der Waals surface area contributed by atoms with Crippen LogP contribution < -0.4 is 5.32 Å². The Hall–Kier alpha value is -2.33. The monoisotopic (exact) mass is 372 g/mol. The fourth-order valence-electron chi connectivity index (χ4n) is 2.78. The lowest BCUT2D eigenvalue weighted by Gasteiger charge is -2.29. The van der Waals surface area contributed by atoms with Crippen LogP contribution in [0.25, 0.3) is 0 Å². The zero-order chi connectivity index (χ0) is 18.9. The molecule has 1 unspecified atom stereocenters. The van der Waals surface area contributed by atoms with E-state index in [1.807, 2.05) is 55.5 Å². The summed E-state index contributed by atoms with van der Waals surface area (Å²) >= 11 is 6.06. The lowest BCUT2D eigenvalue weighted by Crippen LogP contribution is -2.47. The van der Waals surface area contributed by atoms with Crippen molar-refractivity contribution in [3.05, 3.63) is 70.7 Å². The molecule has 2 rings (SSSR count). The minimum atomic E-state index is -0.544. The molecule has 0 aliphatic rings. The van der Waals surface area contributed by atoms with E-state index in [4.69, 9.17) is 11.6 Å². The predicted molar refractivity (Wildman–Crippen MR) is 105 cm³/mol. The van der Waals surface area contributed by atoms with E-state index in [9.17, 15) is 9.59 Å². The maximum atomic E-state index is 12.9. The average Bonchev–Trinajstić information content (AvgIpc) is 2.64. The third-order valence-electron chi connectivity index (χ3n) is 4.23. The summed E-state index contributed by atoms with van der Waals surface area (Å²) in [5, 5.41) is 3.41. The van der Waals surface area contributed by atoms with E-state index >= 15 is 0 Å². The van der Waals surface area contributed by atoms with E-state index in [-0.39, 0.29) is 11.8 Å². The highest BCUT2D eigenvalue weighted by Gasteiger charge is 2.25. The van der Waals surface area contributed by atoms with Crippen LogP contribution in [0.4, 0.5) is 0 Å². The Kier molecular flexibility index (Phi) is 7.67. The summed E-state index contributed by atoms with van der Waals surface area (Å²) in [5.41, 5.74) is 2.01. The summed E-state index contributed by atoms with van der Waals surface area (Å²) < 4.78 is 0. The van der Waals surface area contributed by atoms with E-state index in [1.54, 1.807) is 17.9 Å². The largest absolute Gasteiger partial charge is 0.355 e. The van der Waals surface area contributed by atoms with Crippen molar-refractivity contribution >= 4 is 23.4 Å². The van der Waals surface area contributed by atoms with Gasteiger partial charge >= 0.3 is 0 Å². The van der Waals surface area contributed by atoms with Gasteiger partial charge in [0.1, 0.15) is 6.04 Å². The Balaban J connectivity index is 2.12. The number of aryl methyl sites for hydroxylation is 1. The number of hydrogen-bond donors (Lipinski definition) is 1. The first-order chi connectivity index (χ1) is 12.5. The molecule has 1 atom stereocenters. The molecule has 0 bridgehead atoms. The molecule has 2 amide bonds. The number of amides is 2. The highest BCUT2D eigenvalue weighted by molar-refractivity contribution is 6.30. The number of carbonyl (C=O) groups excluding carboxylic acids is 2. The molecule has 0 fully saturated rings. The quantitative estimate of drug-likeness (QED) is 0.765. The molecule has 5 heteroatoms. The number of carbonyl (C=O) groups is 2. The molecule has 1 N–H and O–H groups in total. The smallest absolute Gasteiger partial charge is 0.242 e. The molecule has 2 aromatic carbocycles. The minimum Gasteiger partial charge on any atom is -0.355 e.